The Morgan fingerprint density at radius 2 is 1.95 bits per heavy atom. The van der Waals surface area contributed by atoms with Gasteiger partial charge in [0, 0.05) is 6.07 Å². The number of furan rings is 1. The highest BCUT2D eigenvalue weighted by molar-refractivity contribution is 5.92. The van der Waals surface area contributed by atoms with Crippen LogP contribution in [0.1, 0.15) is 10.4 Å². The van der Waals surface area contributed by atoms with Crippen LogP contribution in [0.5, 0.6) is 0 Å². The highest BCUT2D eigenvalue weighted by atomic mass is 16.4. The van der Waals surface area contributed by atoms with Gasteiger partial charge in [-0.2, -0.15) is 0 Å². The van der Waals surface area contributed by atoms with E-state index in [0.29, 0.717) is 17.1 Å². The standard InChI is InChI=1S/C14H8O5/c15-10-7-13(12-2-1-5-18-12)19-11-4-3-8(14(16)17)6-9(10)11/h1-7H,(H,16,17). The van der Waals surface area contributed by atoms with Crippen molar-refractivity contribution in [3.8, 4) is 11.5 Å². The lowest BCUT2D eigenvalue weighted by Crippen LogP contribution is -2.03. The number of fused-ring (bicyclic) bond motifs is 1. The molecule has 1 N–H and O–H groups in total. The molecule has 0 aliphatic heterocycles. The van der Waals surface area contributed by atoms with Crippen LogP contribution in [0.2, 0.25) is 0 Å². The molecule has 2 heterocycles. The van der Waals surface area contributed by atoms with Gasteiger partial charge in [0.25, 0.3) is 0 Å². The summed E-state index contributed by atoms with van der Waals surface area (Å²) in [6.07, 6.45) is 1.48. The van der Waals surface area contributed by atoms with E-state index < -0.39 is 5.97 Å². The molecule has 3 rings (SSSR count). The first-order valence-electron chi connectivity index (χ1n) is 5.50. The monoisotopic (exact) mass is 256 g/mol. The molecule has 0 amide bonds. The number of carbonyl (C=O) groups is 1. The second kappa shape index (κ2) is 4.13. The van der Waals surface area contributed by atoms with Crippen LogP contribution in [0, 0.1) is 0 Å². The molecular formula is C14H8O5. The van der Waals surface area contributed by atoms with Gasteiger partial charge in [0.1, 0.15) is 5.58 Å². The zero-order valence-electron chi connectivity index (χ0n) is 9.62. The van der Waals surface area contributed by atoms with Crippen molar-refractivity contribution in [2.45, 2.75) is 0 Å². The van der Waals surface area contributed by atoms with E-state index in [-0.39, 0.29) is 16.4 Å². The molecule has 94 valence electrons. The first-order chi connectivity index (χ1) is 9.15. The molecule has 1 aromatic carbocycles. The summed E-state index contributed by atoms with van der Waals surface area (Å²) < 4.78 is 10.7. The Kier molecular flexibility index (Phi) is 2.45. The minimum atomic E-state index is -1.09. The fraction of sp³-hybridized carbons (Fsp3) is 0. The van der Waals surface area contributed by atoms with Crippen LogP contribution in [0.25, 0.3) is 22.5 Å². The molecule has 0 fully saturated rings. The summed E-state index contributed by atoms with van der Waals surface area (Å²) in [4.78, 5) is 22.8. The molecule has 0 saturated heterocycles. The molecular weight excluding hydrogens is 248 g/mol. The summed E-state index contributed by atoms with van der Waals surface area (Å²) >= 11 is 0. The number of benzene rings is 1. The van der Waals surface area contributed by atoms with Crippen molar-refractivity contribution in [3.63, 3.8) is 0 Å². The quantitative estimate of drug-likeness (QED) is 0.762. The molecule has 0 bridgehead atoms. The van der Waals surface area contributed by atoms with E-state index in [4.69, 9.17) is 13.9 Å². The summed E-state index contributed by atoms with van der Waals surface area (Å²) in [6, 6.07) is 8.80. The molecule has 0 aliphatic carbocycles. The number of rotatable bonds is 2. The average molecular weight is 256 g/mol. The second-order valence-electron chi connectivity index (χ2n) is 3.97. The maximum absolute atomic E-state index is 12.0. The van der Waals surface area contributed by atoms with E-state index in [0.717, 1.165) is 0 Å². The smallest absolute Gasteiger partial charge is 0.335 e. The van der Waals surface area contributed by atoms with Crippen molar-refractivity contribution in [3.05, 3.63) is 58.4 Å². The van der Waals surface area contributed by atoms with Crippen molar-refractivity contribution < 1.29 is 18.7 Å². The predicted molar refractivity (Wildman–Crippen MR) is 67.1 cm³/mol. The third-order valence-electron chi connectivity index (χ3n) is 2.74. The van der Waals surface area contributed by atoms with E-state index >= 15 is 0 Å². The molecule has 19 heavy (non-hydrogen) atoms. The largest absolute Gasteiger partial charge is 0.478 e. The summed E-state index contributed by atoms with van der Waals surface area (Å²) in [7, 11) is 0. The van der Waals surface area contributed by atoms with Crippen molar-refractivity contribution in [1.82, 2.24) is 0 Å². The van der Waals surface area contributed by atoms with Crippen molar-refractivity contribution in [1.29, 1.82) is 0 Å². The van der Waals surface area contributed by atoms with Gasteiger partial charge in [-0.25, -0.2) is 4.79 Å². The summed E-state index contributed by atoms with van der Waals surface area (Å²) in [5, 5.41) is 9.12. The van der Waals surface area contributed by atoms with Crippen LogP contribution in [-0.2, 0) is 0 Å². The lowest BCUT2D eigenvalue weighted by molar-refractivity contribution is 0.0697. The third-order valence-corrected chi connectivity index (χ3v) is 2.74. The minimum absolute atomic E-state index is 0.0468. The van der Waals surface area contributed by atoms with Gasteiger partial charge < -0.3 is 13.9 Å². The Morgan fingerprint density at radius 3 is 2.63 bits per heavy atom. The van der Waals surface area contributed by atoms with Crippen molar-refractivity contribution >= 4 is 16.9 Å². The van der Waals surface area contributed by atoms with Gasteiger partial charge in [-0.15, -0.1) is 0 Å². The zero-order chi connectivity index (χ0) is 13.4. The molecule has 5 nitrogen and oxygen atoms in total. The number of hydrogen-bond donors (Lipinski definition) is 1. The molecule has 0 atom stereocenters. The Labute approximate surface area is 106 Å². The molecule has 0 unspecified atom stereocenters. The van der Waals surface area contributed by atoms with Crippen molar-refractivity contribution in [2.75, 3.05) is 0 Å². The molecule has 0 radical (unpaired) electrons. The maximum atomic E-state index is 12.0. The van der Waals surface area contributed by atoms with Gasteiger partial charge in [0.05, 0.1) is 17.2 Å². The molecule has 0 spiro atoms. The topological polar surface area (TPSA) is 80.7 Å². The van der Waals surface area contributed by atoms with Gasteiger partial charge >= 0.3 is 5.97 Å². The first kappa shape index (κ1) is 11.3. The van der Waals surface area contributed by atoms with E-state index in [9.17, 15) is 9.59 Å². The summed E-state index contributed by atoms with van der Waals surface area (Å²) in [6.45, 7) is 0. The Hall–Kier alpha value is -2.82. The first-order valence-corrected chi connectivity index (χ1v) is 5.50. The maximum Gasteiger partial charge on any atom is 0.335 e. The molecule has 3 aromatic rings. The van der Waals surface area contributed by atoms with E-state index in [2.05, 4.69) is 0 Å². The normalized spacial score (nSPS) is 10.7. The molecule has 2 aromatic heterocycles. The van der Waals surface area contributed by atoms with E-state index in [1.807, 2.05) is 0 Å². The zero-order valence-corrected chi connectivity index (χ0v) is 9.62. The number of carboxylic acid groups (broad SMARTS) is 1. The highest BCUT2D eigenvalue weighted by Crippen LogP contribution is 2.22. The van der Waals surface area contributed by atoms with Crippen LogP contribution in [-0.4, -0.2) is 11.1 Å². The summed E-state index contributed by atoms with van der Waals surface area (Å²) in [5.74, 6) is -0.330. The SMILES string of the molecule is O=C(O)c1ccc2oc(-c3ccco3)cc(=O)c2c1. The molecule has 0 aliphatic rings. The predicted octanol–water partition coefficient (Wildman–Crippen LogP) is 2.75. The van der Waals surface area contributed by atoms with Crippen LogP contribution in [0.3, 0.4) is 0 Å². The molecule has 0 saturated carbocycles. The highest BCUT2D eigenvalue weighted by Gasteiger charge is 2.11. The lowest BCUT2D eigenvalue weighted by atomic mass is 10.1. The van der Waals surface area contributed by atoms with E-state index in [1.165, 1.54) is 30.5 Å². The fourth-order valence-electron chi connectivity index (χ4n) is 1.83. The Morgan fingerprint density at radius 1 is 1.11 bits per heavy atom. The fourth-order valence-corrected chi connectivity index (χ4v) is 1.83. The number of carboxylic acids is 1. The van der Waals surface area contributed by atoms with Gasteiger partial charge in [0.2, 0.25) is 0 Å². The van der Waals surface area contributed by atoms with Gasteiger partial charge in [-0.3, -0.25) is 4.79 Å². The van der Waals surface area contributed by atoms with Crippen LogP contribution in [0.4, 0.5) is 0 Å². The summed E-state index contributed by atoms with van der Waals surface area (Å²) in [5.41, 5.74) is 0.0604. The van der Waals surface area contributed by atoms with Gasteiger partial charge in [0.15, 0.2) is 16.9 Å². The van der Waals surface area contributed by atoms with Crippen LogP contribution >= 0.6 is 0 Å². The Bertz CT molecular complexity index is 811. The second-order valence-corrected chi connectivity index (χ2v) is 3.97. The average Bonchev–Trinajstić information content (AvgIpc) is 2.92. The minimum Gasteiger partial charge on any atom is -0.478 e. The van der Waals surface area contributed by atoms with Crippen LogP contribution < -0.4 is 5.43 Å². The van der Waals surface area contributed by atoms with E-state index in [1.54, 1.807) is 12.1 Å². The number of aromatic carboxylic acids is 1. The van der Waals surface area contributed by atoms with Crippen molar-refractivity contribution in [2.24, 2.45) is 0 Å². The number of hydrogen-bond acceptors (Lipinski definition) is 4. The van der Waals surface area contributed by atoms with Gasteiger partial charge in [-0.05, 0) is 30.3 Å². The molecule has 5 heteroatoms. The van der Waals surface area contributed by atoms with Crippen LogP contribution in [0.15, 0.2) is 56.3 Å². The third kappa shape index (κ3) is 1.91. The Balaban J connectivity index is 2.26. The lowest BCUT2D eigenvalue weighted by Gasteiger charge is -2.01. The van der Waals surface area contributed by atoms with Gasteiger partial charge in [-0.1, -0.05) is 0 Å².